The molecule has 2 rings (SSSR count). The van der Waals surface area contributed by atoms with Gasteiger partial charge in [-0.1, -0.05) is 19.1 Å². The maximum atomic E-state index is 10.5. The second kappa shape index (κ2) is 3.76. The van der Waals surface area contributed by atoms with Crippen molar-refractivity contribution in [3.05, 3.63) is 28.5 Å². The van der Waals surface area contributed by atoms with Crippen LogP contribution in [0, 0.1) is 5.92 Å². The lowest BCUT2D eigenvalue weighted by molar-refractivity contribution is 0.0582. The van der Waals surface area contributed by atoms with Crippen molar-refractivity contribution >= 4 is 15.9 Å². The molecule has 1 aliphatic rings. The van der Waals surface area contributed by atoms with E-state index >= 15 is 0 Å². The topological polar surface area (TPSA) is 38.1 Å². The molecular weight excluding hydrogens is 256 g/mol. The predicted molar refractivity (Wildman–Crippen MR) is 62.3 cm³/mol. The maximum Gasteiger partial charge on any atom is 0.125 e. The number of aryl methyl sites for hydroxylation is 1. The van der Waals surface area contributed by atoms with E-state index in [-0.39, 0.29) is 0 Å². The second-order valence-corrected chi connectivity index (χ2v) is 5.12. The number of aliphatic hydroxyl groups is 1. The Kier molecular flexibility index (Phi) is 2.73. The zero-order valence-electron chi connectivity index (χ0n) is 8.94. The molecule has 1 aliphatic carbocycles. The third kappa shape index (κ3) is 1.88. The van der Waals surface area contributed by atoms with Gasteiger partial charge in [-0.25, -0.2) is 0 Å². The summed E-state index contributed by atoms with van der Waals surface area (Å²) in [5.41, 5.74) is -0.0259. The van der Waals surface area contributed by atoms with Gasteiger partial charge >= 0.3 is 0 Å². The van der Waals surface area contributed by atoms with Gasteiger partial charge in [-0.3, -0.25) is 4.68 Å². The highest BCUT2D eigenvalue weighted by atomic mass is 79.9. The van der Waals surface area contributed by atoms with Crippen molar-refractivity contribution in [3.8, 4) is 0 Å². The summed E-state index contributed by atoms with van der Waals surface area (Å²) in [6, 6.07) is 0. The van der Waals surface area contributed by atoms with Crippen LogP contribution in [0.5, 0.6) is 0 Å². The first kappa shape index (κ1) is 10.9. The minimum atomic E-state index is -0.864. The average Bonchev–Trinajstić information content (AvgIpc) is 2.52. The molecule has 0 aliphatic heterocycles. The molecule has 1 aromatic rings. The molecule has 0 amide bonds. The lowest BCUT2D eigenvalue weighted by atomic mass is 9.84. The summed E-state index contributed by atoms with van der Waals surface area (Å²) in [5, 5.41) is 14.7. The van der Waals surface area contributed by atoms with Gasteiger partial charge in [-0.2, -0.15) is 5.10 Å². The highest BCUT2D eigenvalue weighted by Gasteiger charge is 2.34. The molecule has 0 aromatic carbocycles. The van der Waals surface area contributed by atoms with E-state index in [1.165, 1.54) is 0 Å². The fourth-order valence-corrected chi connectivity index (χ4v) is 2.74. The van der Waals surface area contributed by atoms with Crippen molar-refractivity contribution in [2.24, 2.45) is 13.0 Å². The molecular formula is C11H15BrN2O. The fourth-order valence-electron chi connectivity index (χ4n) is 2.05. The number of halogens is 1. The second-order valence-electron chi connectivity index (χ2n) is 4.26. The van der Waals surface area contributed by atoms with Crippen LogP contribution in [0.2, 0.25) is 0 Å². The van der Waals surface area contributed by atoms with Crippen LogP contribution >= 0.6 is 15.9 Å². The van der Waals surface area contributed by atoms with Gasteiger partial charge in [0.05, 0.1) is 16.4 Å². The predicted octanol–water partition coefficient (Wildman–Crippen LogP) is 2.36. The molecule has 15 heavy (non-hydrogen) atoms. The van der Waals surface area contributed by atoms with Gasteiger partial charge in [0.15, 0.2) is 0 Å². The molecule has 0 fully saturated rings. The van der Waals surface area contributed by atoms with Crippen molar-refractivity contribution < 1.29 is 5.11 Å². The molecule has 1 aromatic heterocycles. The van der Waals surface area contributed by atoms with Crippen molar-refractivity contribution in [3.63, 3.8) is 0 Å². The Balaban J connectivity index is 2.42. The molecule has 82 valence electrons. The van der Waals surface area contributed by atoms with Gasteiger partial charge in [0.25, 0.3) is 0 Å². The van der Waals surface area contributed by atoms with E-state index in [9.17, 15) is 5.11 Å². The standard InChI is InChI=1S/C11H15BrN2O/c1-8-3-5-11(15,6-4-8)10-9(12)7-13-14(10)2/h3,5,7-8,15H,4,6H2,1-2H3. The third-order valence-electron chi connectivity index (χ3n) is 2.99. The van der Waals surface area contributed by atoms with Gasteiger partial charge in [0, 0.05) is 7.05 Å². The van der Waals surface area contributed by atoms with E-state index in [1.807, 2.05) is 13.1 Å². The number of aromatic nitrogens is 2. The van der Waals surface area contributed by atoms with E-state index in [0.717, 1.165) is 23.0 Å². The molecule has 3 nitrogen and oxygen atoms in total. The fraction of sp³-hybridized carbons (Fsp3) is 0.545. The molecule has 2 unspecified atom stereocenters. The highest BCUT2D eigenvalue weighted by Crippen LogP contribution is 2.37. The summed E-state index contributed by atoms with van der Waals surface area (Å²) in [6.07, 6.45) is 7.44. The van der Waals surface area contributed by atoms with E-state index in [1.54, 1.807) is 10.9 Å². The summed E-state index contributed by atoms with van der Waals surface area (Å²) >= 11 is 3.43. The van der Waals surface area contributed by atoms with Crippen molar-refractivity contribution in [1.82, 2.24) is 9.78 Å². The lowest BCUT2D eigenvalue weighted by Gasteiger charge is -2.30. The van der Waals surface area contributed by atoms with Gasteiger partial charge in [-0.05, 0) is 34.7 Å². The SMILES string of the molecule is CC1C=CC(O)(c2c(Br)cnn2C)CC1. The van der Waals surface area contributed by atoms with Crippen LogP contribution < -0.4 is 0 Å². The number of allylic oxidation sites excluding steroid dienone is 1. The van der Waals surface area contributed by atoms with Crippen LogP contribution in [0.1, 0.15) is 25.5 Å². The van der Waals surface area contributed by atoms with E-state index < -0.39 is 5.60 Å². The number of nitrogens with zero attached hydrogens (tertiary/aromatic N) is 2. The van der Waals surface area contributed by atoms with Crippen LogP contribution in [0.4, 0.5) is 0 Å². The summed E-state index contributed by atoms with van der Waals surface area (Å²) in [7, 11) is 1.85. The van der Waals surface area contributed by atoms with E-state index in [4.69, 9.17) is 0 Å². The van der Waals surface area contributed by atoms with Crippen molar-refractivity contribution in [2.75, 3.05) is 0 Å². The van der Waals surface area contributed by atoms with E-state index in [0.29, 0.717) is 5.92 Å². The quantitative estimate of drug-likeness (QED) is 0.796. The molecule has 0 saturated heterocycles. The Labute approximate surface area is 97.9 Å². The minimum Gasteiger partial charge on any atom is -0.379 e. The lowest BCUT2D eigenvalue weighted by Crippen LogP contribution is -2.29. The number of rotatable bonds is 1. The first-order valence-corrected chi connectivity index (χ1v) is 5.92. The van der Waals surface area contributed by atoms with Gasteiger partial charge in [0.2, 0.25) is 0 Å². The molecule has 1 N–H and O–H groups in total. The molecule has 0 spiro atoms. The van der Waals surface area contributed by atoms with Crippen molar-refractivity contribution in [2.45, 2.75) is 25.4 Å². The first-order chi connectivity index (χ1) is 7.03. The minimum absolute atomic E-state index is 0.553. The summed E-state index contributed by atoms with van der Waals surface area (Å²) in [6.45, 7) is 2.16. The molecule has 1 heterocycles. The van der Waals surface area contributed by atoms with Gasteiger partial charge < -0.3 is 5.11 Å². The monoisotopic (exact) mass is 270 g/mol. The van der Waals surface area contributed by atoms with Gasteiger partial charge in [0.1, 0.15) is 5.60 Å². The molecule has 0 radical (unpaired) electrons. The largest absolute Gasteiger partial charge is 0.379 e. The smallest absolute Gasteiger partial charge is 0.125 e. The zero-order chi connectivity index (χ0) is 11.1. The number of hydrogen-bond donors (Lipinski definition) is 1. The molecule has 0 saturated carbocycles. The first-order valence-electron chi connectivity index (χ1n) is 5.12. The Morgan fingerprint density at radius 1 is 1.67 bits per heavy atom. The average molecular weight is 271 g/mol. The van der Waals surface area contributed by atoms with Crippen LogP contribution in [0.25, 0.3) is 0 Å². The van der Waals surface area contributed by atoms with Gasteiger partial charge in [-0.15, -0.1) is 0 Å². The zero-order valence-corrected chi connectivity index (χ0v) is 10.5. The maximum absolute atomic E-state index is 10.5. The van der Waals surface area contributed by atoms with Crippen LogP contribution in [0.15, 0.2) is 22.8 Å². The normalized spacial score (nSPS) is 30.8. The van der Waals surface area contributed by atoms with Crippen LogP contribution in [0.3, 0.4) is 0 Å². The van der Waals surface area contributed by atoms with Crippen molar-refractivity contribution in [1.29, 1.82) is 0 Å². The third-order valence-corrected chi connectivity index (χ3v) is 3.57. The Hall–Kier alpha value is -0.610. The summed E-state index contributed by atoms with van der Waals surface area (Å²) in [4.78, 5) is 0. The number of hydrogen-bond acceptors (Lipinski definition) is 2. The molecule has 0 bridgehead atoms. The summed E-state index contributed by atoms with van der Waals surface area (Å²) < 4.78 is 2.59. The summed E-state index contributed by atoms with van der Waals surface area (Å²) in [5.74, 6) is 0.553. The van der Waals surface area contributed by atoms with Crippen LogP contribution in [-0.2, 0) is 12.6 Å². The highest BCUT2D eigenvalue weighted by molar-refractivity contribution is 9.10. The Morgan fingerprint density at radius 3 is 2.87 bits per heavy atom. The van der Waals surface area contributed by atoms with Crippen LogP contribution in [-0.4, -0.2) is 14.9 Å². The molecule has 2 atom stereocenters. The Morgan fingerprint density at radius 2 is 2.40 bits per heavy atom. The Bertz CT molecular complexity index is 380. The molecule has 4 heteroatoms. The van der Waals surface area contributed by atoms with E-state index in [2.05, 4.69) is 34.0 Å².